The summed E-state index contributed by atoms with van der Waals surface area (Å²) < 4.78 is 0. The molecular formula is C13H11ClN4. The zero-order valence-electron chi connectivity index (χ0n) is 9.47. The number of fused-ring (bicyclic) bond motifs is 1. The van der Waals surface area contributed by atoms with Gasteiger partial charge < -0.3 is 11.1 Å². The van der Waals surface area contributed by atoms with Gasteiger partial charge in [-0.15, -0.1) is 0 Å². The lowest BCUT2D eigenvalue weighted by Crippen LogP contribution is -2.26. The van der Waals surface area contributed by atoms with Gasteiger partial charge in [-0.05, 0) is 18.2 Å². The Kier molecular flexibility index (Phi) is 2.64. The fourth-order valence-corrected chi connectivity index (χ4v) is 2.10. The van der Waals surface area contributed by atoms with Gasteiger partial charge in [-0.3, -0.25) is 4.99 Å². The van der Waals surface area contributed by atoms with E-state index in [1.165, 1.54) is 0 Å². The molecule has 0 saturated heterocycles. The van der Waals surface area contributed by atoms with E-state index in [0.29, 0.717) is 11.0 Å². The largest absolute Gasteiger partial charge is 0.370 e. The molecule has 0 spiro atoms. The molecule has 18 heavy (non-hydrogen) atoms. The van der Waals surface area contributed by atoms with Crippen LogP contribution < -0.4 is 11.1 Å². The van der Waals surface area contributed by atoms with Gasteiger partial charge >= 0.3 is 0 Å². The van der Waals surface area contributed by atoms with Crippen molar-refractivity contribution < 1.29 is 0 Å². The van der Waals surface area contributed by atoms with Gasteiger partial charge in [0, 0.05) is 16.8 Å². The molecule has 0 fully saturated rings. The number of nitrogens with one attached hydrogen (secondary N) is 1. The minimum atomic E-state index is -0.0850. The molecule has 5 heteroatoms. The molecule has 0 aliphatic carbocycles. The summed E-state index contributed by atoms with van der Waals surface area (Å²) in [6.45, 7) is 0. The number of hydrogen-bond acceptors (Lipinski definition) is 4. The molecule has 3 N–H and O–H groups in total. The molecule has 0 amide bonds. The average Bonchev–Trinajstić information content (AvgIpc) is 2.61. The second-order valence-electron chi connectivity index (χ2n) is 4.02. The Hall–Kier alpha value is -2.07. The first kappa shape index (κ1) is 11.0. The van der Waals surface area contributed by atoms with Crippen molar-refractivity contribution in [2.75, 3.05) is 0 Å². The van der Waals surface area contributed by atoms with Crippen LogP contribution in [0.1, 0.15) is 5.56 Å². The SMILES string of the molecule is NC1=NC2C=CC=NC(c3ccc(Cl)cc3)=C2N1. The quantitative estimate of drug-likeness (QED) is 0.809. The summed E-state index contributed by atoms with van der Waals surface area (Å²) in [7, 11) is 0. The van der Waals surface area contributed by atoms with Crippen LogP contribution in [0.5, 0.6) is 0 Å². The Balaban J connectivity index is 2.09. The van der Waals surface area contributed by atoms with Gasteiger partial charge in [0.1, 0.15) is 6.04 Å². The van der Waals surface area contributed by atoms with E-state index in [-0.39, 0.29) is 6.04 Å². The van der Waals surface area contributed by atoms with E-state index in [0.717, 1.165) is 17.0 Å². The molecule has 0 saturated carbocycles. The van der Waals surface area contributed by atoms with Crippen LogP contribution in [0.4, 0.5) is 0 Å². The molecule has 1 unspecified atom stereocenters. The average molecular weight is 259 g/mol. The van der Waals surface area contributed by atoms with E-state index < -0.39 is 0 Å². The van der Waals surface area contributed by atoms with Gasteiger partial charge in [0.15, 0.2) is 5.96 Å². The highest BCUT2D eigenvalue weighted by Gasteiger charge is 2.24. The first-order valence-electron chi connectivity index (χ1n) is 5.55. The number of benzene rings is 1. The fraction of sp³-hybridized carbons (Fsp3) is 0.0769. The maximum atomic E-state index is 5.89. The van der Waals surface area contributed by atoms with Gasteiger partial charge in [0.05, 0.1) is 11.4 Å². The summed E-state index contributed by atoms with van der Waals surface area (Å²) >= 11 is 5.89. The first-order chi connectivity index (χ1) is 8.74. The van der Waals surface area contributed by atoms with E-state index in [1.807, 2.05) is 36.4 Å². The fourth-order valence-electron chi connectivity index (χ4n) is 1.98. The summed E-state index contributed by atoms with van der Waals surface area (Å²) in [5, 5.41) is 3.77. The van der Waals surface area contributed by atoms with Crippen molar-refractivity contribution >= 4 is 29.5 Å². The van der Waals surface area contributed by atoms with Gasteiger partial charge in [-0.2, -0.15) is 0 Å². The molecule has 1 aromatic carbocycles. The van der Waals surface area contributed by atoms with Crippen molar-refractivity contribution in [1.82, 2.24) is 5.32 Å². The molecule has 3 rings (SSSR count). The molecule has 2 aliphatic heterocycles. The molecule has 4 nitrogen and oxygen atoms in total. The summed E-state index contributed by atoms with van der Waals surface area (Å²) in [6, 6.07) is 7.46. The minimum absolute atomic E-state index is 0.0850. The van der Waals surface area contributed by atoms with Gasteiger partial charge in [-0.1, -0.05) is 29.8 Å². The summed E-state index contributed by atoms with van der Waals surface area (Å²) in [5.41, 5.74) is 8.43. The lowest BCUT2D eigenvalue weighted by Gasteiger charge is -2.09. The number of hydrogen-bond donors (Lipinski definition) is 2. The third kappa shape index (κ3) is 1.91. The van der Waals surface area contributed by atoms with E-state index in [2.05, 4.69) is 15.3 Å². The number of nitrogens with two attached hydrogens (primary N) is 1. The van der Waals surface area contributed by atoms with Gasteiger partial charge in [0.2, 0.25) is 0 Å². The number of allylic oxidation sites excluding steroid dienone is 1. The van der Waals surface area contributed by atoms with Crippen LogP contribution in [0.3, 0.4) is 0 Å². The Morgan fingerprint density at radius 1 is 1.22 bits per heavy atom. The van der Waals surface area contributed by atoms with Crippen LogP contribution in [0, 0.1) is 0 Å². The number of aliphatic imine (C=N–C) groups is 2. The maximum Gasteiger partial charge on any atom is 0.193 e. The Morgan fingerprint density at radius 2 is 2.00 bits per heavy atom. The predicted molar refractivity (Wildman–Crippen MR) is 74.6 cm³/mol. The van der Waals surface area contributed by atoms with Crippen LogP contribution in [-0.4, -0.2) is 18.2 Å². The topological polar surface area (TPSA) is 62.8 Å². The van der Waals surface area contributed by atoms with Crippen LogP contribution in [0.25, 0.3) is 5.70 Å². The molecular weight excluding hydrogens is 248 g/mol. The van der Waals surface area contributed by atoms with E-state index in [9.17, 15) is 0 Å². The van der Waals surface area contributed by atoms with Crippen molar-refractivity contribution in [3.8, 4) is 0 Å². The highest BCUT2D eigenvalue weighted by molar-refractivity contribution is 6.30. The van der Waals surface area contributed by atoms with Crippen molar-refractivity contribution in [1.29, 1.82) is 0 Å². The first-order valence-corrected chi connectivity index (χ1v) is 5.93. The smallest absolute Gasteiger partial charge is 0.193 e. The van der Waals surface area contributed by atoms with E-state index >= 15 is 0 Å². The monoisotopic (exact) mass is 258 g/mol. The number of halogens is 1. The Bertz CT molecular complexity index is 596. The van der Waals surface area contributed by atoms with Crippen LogP contribution in [-0.2, 0) is 0 Å². The van der Waals surface area contributed by atoms with Crippen molar-refractivity contribution in [3.05, 3.63) is 52.7 Å². The highest BCUT2D eigenvalue weighted by Crippen LogP contribution is 2.27. The van der Waals surface area contributed by atoms with E-state index in [4.69, 9.17) is 17.3 Å². The number of nitrogens with zero attached hydrogens (tertiary/aromatic N) is 2. The van der Waals surface area contributed by atoms with Crippen LogP contribution in [0.15, 0.2) is 52.1 Å². The maximum absolute atomic E-state index is 5.89. The lowest BCUT2D eigenvalue weighted by atomic mass is 10.1. The summed E-state index contributed by atoms with van der Waals surface area (Å²) in [4.78, 5) is 8.73. The Labute approximate surface area is 110 Å². The predicted octanol–water partition coefficient (Wildman–Crippen LogP) is 1.94. The summed E-state index contributed by atoms with van der Waals surface area (Å²) in [6.07, 6.45) is 5.58. The Morgan fingerprint density at radius 3 is 2.78 bits per heavy atom. The highest BCUT2D eigenvalue weighted by atomic mass is 35.5. The number of rotatable bonds is 1. The van der Waals surface area contributed by atoms with Crippen molar-refractivity contribution in [3.63, 3.8) is 0 Å². The normalized spacial score (nSPS) is 21.4. The van der Waals surface area contributed by atoms with Crippen molar-refractivity contribution in [2.45, 2.75) is 6.04 Å². The molecule has 2 heterocycles. The van der Waals surface area contributed by atoms with Crippen molar-refractivity contribution in [2.24, 2.45) is 15.7 Å². The molecule has 1 aromatic rings. The number of guanidine groups is 1. The van der Waals surface area contributed by atoms with Crippen LogP contribution in [0.2, 0.25) is 5.02 Å². The van der Waals surface area contributed by atoms with Gasteiger partial charge in [0.25, 0.3) is 0 Å². The summed E-state index contributed by atoms with van der Waals surface area (Å²) in [5.74, 6) is 0.420. The third-order valence-electron chi connectivity index (χ3n) is 2.79. The molecule has 0 radical (unpaired) electrons. The third-order valence-corrected chi connectivity index (χ3v) is 3.04. The van der Waals surface area contributed by atoms with E-state index in [1.54, 1.807) is 6.21 Å². The zero-order valence-corrected chi connectivity index (χ0v) is 10.2. The standard InChI is InChI=1S/C13H11ClN4/c14-9-5-3-8(4-6-9)11-12-10(2-1-7-16-11)17-13(15)18-12/h1-7,10H,(H3,15,17,18). The minimum Gasteiger partial charge on any atom is -0.370 e. The molecule has 0 aromatic heterocycles. The van der Waals surface area contributed by atoms with Gasteiger partial charge in [-0.25, -0.2) is 4.99 Å². The molecule has 0 bridgehead atoms. The lowest BCUT2D eigenvalue weighted by molar-refractivity contribution is 0.958. The molecule has 90 valence electrons. The molecule has 1 atom stereocenters. The second kappa shape index (κ2) is 4.31. The molecule has 2 aliphatic rings. The second-order valence-corrected chi connectivity index (χ2v) is 4.45. The van der Waals surface area contributed by atoms with Crippen LogP contribution >= 0.6 is 11.6 Å². The zero-order chi connectivity index (χ0) is 12.5.